The van der Waals surface area contributed by atoms with Gasteiger partial charge in [-0.2, -0.15) is 0 Å². The zero-order valence-electron chi connectivity index (χ0n) is 18.7. The van der Waals surface area contributed by atoms with Crippen molar-refractivity contribution in [3.05, 3.63) is 24.0 Å². The summed E-state index contributed by atoms with van der Waals surface area (Å²) in [5, 5.41) is 3.80. The van der Waals surface area contributed by atoms with Gasteiger partial charge in [-0.05, 0) is 44.4 Å². The lowest BCUT2D eigenvalue weighted by Gasteiger charge is -2.12. The Bertz CT molecular complexity index is 1090. The first-order valence-corrected chi connectivity index (χ1v) is 11.3. The smallest absolute Gasteiger partial charge is 0.249 e. The van der Waals surface area contributed by atoms with Crippen LogP contribution in [0.2, 0.25) is 0 Å². The van der Waals surface area contributed by atoms with Gasteiger partial charge in [0.1, 0.15) is 36.4 Å². The summed E-state index contributed by atoms with van der Waals surface area (Å²) in [7, 11) is 0. The molecule has 1 saturated heterocycles. The van der Waals surface area contributed by atoms with E-state index in [1.807, 2.05) is 25.1 Å². The molecule has 3 heterocycles. The summed E-state index contributed by atoms with van der Waals surface area (Å²) in [6, 6.07) is 5.73. The molecule has 3 N–H and O–H groups in total. The third kappa shape index (κ3) is 4.63. The third-order valence-corrected chi connectivity index (χ3v) is 5.53. The molecule has 0 spiro atoms. The standard InChI is InChI=1S/C23H31N5O4/c1-3-10-28-19(14-30-4-2)27-20-21(28)16-13-15(7-8-17(16)26-22(20)24)31-12-9-25-23(29)18-6-5-11-32-18/h7-8,13,18H,3-6,9-12,14H2,1-2H3,(H2,24,26)(H,25,29). The monoisotopic (exact) mass is 441 g/mol. The number of rotatable bonds is 10. The van der Waals surface area contributed by atoms with Gasteiger partial charge in [0.2, 0.25) is 5.91 Å². The molecule has 0 aliphatic carbocycles. The van der Waals surface area contributed by atoms with Crippen molar-refractivity contribution in [2.75, 3.05) is 32.1 Å². The molecule has 2 aromatic heterocycles. The van der Waals surface area contributed by atoms with Crippen LogP contribution < -0.4 is 15.8 Å². The van der Waals surface area contributed by atoms with Crippen LogP contribution in [0.4, 0.5) is 5.82 Å². The van der Waals surface area contributed by atoms with Gasteiger partial charge in [0.05, 0.1) is 17.6 Å². The van der Waals surface area contributed by atoms with Crippen molar-refractivity contribution in [3.63, 3.8) is 0 Å². The second kappa shape index (κ2) is 10.1. The maximum absolute atomic E-state index is 12.1. The topological polar surface area (TPSA) is 114 Å². The molecular formula is C23H31N5O4. The summed E-state index contributed by atoms with van der Waals surface area (Å²) < 4.78 is 19.1. The number of aromatic nitrogens is 3. The van der Waals surface area contributed by atoms with Crippen molar-refractivity contribution >= 4 is 33.7 Å². The first kappa shape index (κ1) is 22.3. The maximum atomic E-state index is 12.1. The number of pyridine rings is 1. The van der Waals surface area contributed by atoms with E-state index in [-0.39, 0.29) is 12.0 Å². The summed E-state index contributed by atoms with van der Waals surface area (Å²) in [5.41, 5.74) is 8.65. The van der Waals surface area contributed by atoms with E-state index in [1.54, 1.807) is 0 Å². The van der Waals surface area contributed by atoms with Crippen molar-refractivity contribution in [3.8, 4) is 5.75 Å². The minimum Gasteiger partial charge on any atom is -0.492 e. The highest BCUT2D eigenvalue weighted by atomic mass is 16.5. The Hall–Kier alpha value is -2.91. The van der Waals surface area contributed by atoms with Gasteiger partial charge >= 0.3 is 0 Å². The molecular weight excluding hydrogens is 410 g/mol. The molecule has 1 atom stereocenters. The Kier molecular flexibility index (Phi) is 7.06. The molecule has 4 rings (SSSR count). The number of aryl methyl sites for hydroxylation is 1. The Labute approximate surface area is 187 Å². The number of carbonyl (C=O) groups excluding carboxylic acids is 1. The van der Waals surface area contributed by atoms with Gasteiger partial charge in [0.25, 0.3) is 0 Å². The number of ether oxygens (including phenoxy) is 3. The van der Waals surface area contributed by atoms with Crippen LogP contribution in [0.15, 0.2) is 18.2 Å². The second-order valence-electron chi connectivity index (χ2n) is 7.83. The first-order chi connectivity index (χ1) is 15.6. The number of benzene rings is 1. The lowest BCUT2D eigenvalue weighted by Crippen LogP contribution is -2.36. The fourth-order valence-corrected chi connectivity index (χ4v) is 4.04. The molecule has 1 unspecified atom stereocenters. The van der Waals surface area contributed by atoms with Crippen molar-refractivity contribution in [2.24, 2.45) is 0 Å². The molecule has 3 aromatic rings. The SMILES string of the molecule is CCCn1c(COCC)nc2c(N)nc3ccc(OCCNC(=O)C4CCCO4)cc3c21. The molecule has 1 aromatic carbocycles. The van der Waals surface area contributed by atoms with Gasteiger partial charge < -0.3 is 29.8 Å². The van der Waals surface area contributed by atoms with E-state index >= 15 is 0 Å². The van der Waals surface area contributed by atoms with E-state index in [2.05, 4.69) is 21.8 Å². The van der Waals surface area contributed by atoms with Crippen LogP contribution >= 0.6 is 0 Å². The average molecular weight is 442 g/mol. The van der Waals surface area contributed by atoms with Gasteiger partial charge in [-0.1, -0.05) is 6.92 Å². The number of nitrogens with zero attached hydrogens (tertiary/aromatic N) is 3. The van der Waals surface area contributed by atoms with E-state index in [4.69, 9.17) is 24.9 Å². The van der Waals surface area contributed by atoms with E-state index in [1.165, 1.54) is 0 Å². The second-order valence-corrected chi connectivity index (χ2v) is 7.83. The molecule has 1 amide bonds. The maximum Gasteiger partial charge on any atom is 0.249 e. The van der Waals surface area contributed by atoms with Crippen LogP contribution in [0.5, 0.6) is 5.75 Å². The van der Waals surface area contributed by atoms with E-state index in [9.17, 15) is 4.79 Å². The number of hydrogen-bond acceptors (Lipinski definition) is 7. The van der Waals surface area contributed by atoms with Crippen LogP contribution in [0.1, 0.15) is 38.9 Å². The highest BCUT2D eigenvalue weighted by molar-refractivity contribution is 6.07. The number of carbonyl (C=O) groups is 1. The van der Waals surface area contributed by atoms with Crippen molar-refractivity contribution in [2.45, 2.75) is 52.4 Å². The molecule has 32 heavy (non-hydrogen) atoms. The number of anilines is 1. The van der Waals surface area contributed by atoms with Crippen molar-refractivity contribution < 1.29 is 19.0 Å². The largest absolute Gasteiger partial charge is 0.492 e. The average Bonchev–Trinajstić information content (AvgIpc) is 3.45. The molecule has 1 aliphatic rings. The number of nitrogen functional groups attached to an aromatic ring is 1. The lowest BCUT2D eigenvalue weighted by molar-refractivity contribution is -0.130. The fourth-order valence-electron chi connectivity index (χ4n) is 4.04. The Morgan fingerprint density at radius 1 is 1.34 bits per heavy atom. The molecule has 1 aliphatic heterocycles. The molecule has 1 fully saturated rings. The molecule has 172 valence electrons. The van der Waals surface area contributed by atoms with Crippen molar-refractivity contribution in [1.82, 2.24) is 19.9 Å². The predicted molar refractivity (Wildman–Crippen MR) is 123 cm³/mol. The summed E-state index contributed by atoms with van der Waals surface area (Å²) in [5.74, 6) is 1.88. The summed E-state index contributed by atoms with van der Waals surface area (Å²) in [4.78, 5) is 21.3. The van der Waals surface area contributed by atoms with Crippen LogP contribution in [-0.2, 0) is 27.4 Å². The zero-order valence-corrected chi connectivity index (χ0v) is 18.7. The summed E-state index contributed by atoms with van der Waals surface area (Å²) in [6.45, 7) is 7.36. The van der Waals surface area contributed by atoms with Crippen molar-refractivity contribution in [1.29, 1.82) is 0 Å². The van der Waals surface area contributed by atoms with Crippen LogP contribution in [0.25, 0.3) is 21.9 Å². The third-order valence-electron chi connectivity index (χ3n) is 5.53. The van der Waals surface area contributed by atoms with Crippen LogP contribution in [0, 0.1) is 0 Å². The first-order valence-electron chi connectivity index (χ1n) is 11.3. The van der Waals surface area contributed by atoms with Gasteiger partial charge in [-0.15, -0.1) is 0 Å². The minimum absolute atomic E-state index is 0.0729. The minimum atomic E-state index is -0.328. The summed E-state index contributed by atoms with van der Waals surface area (Å²) >= 11 is 0. The van der Waals surface area contributed by atoms with Crippen LogP contribution in [-0.4, -0.2) is 52.9 Å². The van der Waals surface area contributed by atoms with Gasteiger partial charge in [0, 0.05) is 25.1 Å². The van der Waals surface area contributed by atoms with Gasteiger partial charge in [0.15, 0.2) is 5.82 Å². The predicted octanol–water partition coefficient (Wildman–Crippen LogP) is 2.79. The fraction of sp³-hybridized carbons (Fsp3) is 0.522. The highest BCUT2D eigenvalue weighted by Crippen LogP contribution is 2.31. The number of hydrogen-bond donors (Lipinski definition) is 2. The molecule has 0 radical (unpaired) electrons. The molecule has 0 saturated carbocycles. The normalized spacial score (nSPS) is 16.1. The summed E-state index contributed by atoms with van der Waals surface area (Å²) in [6.07, 6.45) is 2.33. The number of nitrogens with one attached hydrogen (secondary N) is 1. The van der Waals surface area contributed by atoms with E-state index < -0.39 is 0 Å². The number of imidazole rings is 1. The van der Waals surface area contributed by atoms with E-state index in [0.717, 1.165) is 48.1 Å². The molecule has 0 bridgehead atoms. The van der Waals surface area contributed by atoms with Gasteiger partial charge in [-0.25, -0.2) is 9.97 Å². The Morgan fingerprint density at radius 3 is 2.97 bits per heavy atom. The Balaban J connectivity index is 1.56. The van der Waals surface area contributed by atoms with E-state index in [0.29, 0.717) is 50.1 Å². The molecule has 9 nitrogen and oxygen atoms in total. The number of fused-ring (bicyclic) bond motifs is 3. The quantitative estimate of drug-likeness (QED) is 0.465. The number of nitrogens with two attached hydrogens (primary N) is 1. The lowest BCUT2D eigenvalue weighted by atomic mass is 10.1. The Morgan fingerprint density at radius 2 is 2.22 bits per heavy atom. The van der Waals surface area contributed by atoms with Crippen LogP contribution in [0.3, 0.4) is 0 Å². The highest BCUT2D eigenvalue weighted by Gasteiger charge is 2.23. The molecule has 9 heteroatoms. The zero-order chi connectivity index (χ0) is 22.5. The van der Waals surface area contributed by atoms with Gasteiger partial charge in [-0.3, -0.25) is 4.79 Å². The number of amides is 1.